The van der Waals surface area contributed by atoms with Crippen LogP contribution >= 0.6 is 0 Å². The van der Waals surface area contributed by atoms with Crippen LogP contribution in [0.5, 0.6) is 0 Å². The Kier molecular flexibility index (Phi) is 4.30. The minimum absolute atomic E-state index is 0.492. The van der Waals surface area contributed by atoms with Crippen LogP contribution in [0.4, 0.5) is 17.2 Å². The first-order chi connectivity index (χ1) is 19.2. The van der Waals surface area contributed by atoms with Gasteiger partial charge in [-0.05, 0) is 76.1 Å². The van der Waals surface area contributed by atoms with Crippen LogP contribution in [0.15, 0.2) is 138 Å². The SMILES string of the molecule is [2H]c1ccc2ccc(N(c3ccc4c(c3)oc3cc5ccccc5cc34)c3ccc4ccccc4n3)cc2c1. The van der Waals surface area contributed by atoms with E-state index in [0.29, 0.717) is 6.04 Å². The zero-order valence-electron chi connectivity index (χ0n) is 21.4. The van der Waals surface area contributed by atoms with Gasteiger partial charge >= 0.3 is 0 Å². The number of para-hydroxylation sites is 1. The summed E-state index contributed by atoms with van der Waals surface area (Å²) in [7, 11) is 0. The number of anilines is 3. The number of fused-ring (bicyclic) bond motifs is 6. The number of nitrogens with zero attached hydrogens (tertiary/aromatic N) is 2. The molecule has 2 aromatic heterocycles. The summed E-state index contributed by atoms with van der Waals surface area (Å²) in [6.45, 7) is 0. The maximum atomic E-state index is 8.13. The third-order valence-corrected chi connectivity index (χ3v) is 7.32. The highest BCUT2D eigenvalue weighted by Crippen LogP contribution is 2.39. The third-order valence-electron chi connectivity index (χ3n) is 7.32. The lowest BCUT2D eigenvalue weighted by Gasteiger charge is -2.25. The Balaban J connectivity index is 1.35. The summed E-state index contributed by atoms with van der Waals surface area (Å²) in [6.07, 6.45) is 0. The molecule has 0 aliphatic heterocycles. The van der Waals surface area contributed by atoms with Crippen molar-refractivity contribution in [1.29, 1.82) is 0 Å². The molecule has 178 valence electrons. The molecule has 0 saturated carbocycles. The number of hydrogen-bond acceptors (Lipinski definition) is 3. The van der Waals surface area contributed by atoms with Crippen LogP contribution < -0.4 is 4.90 Å². The predicted octanol–water partition coefficient (Wildman–Crippen LogP) is 9.91. The van der Waals surface area contributed by atoms with Crippen LogP contribution in [0.3, 0.4) is 0 Å². The van der Waals surface area contributed by atoms with Gasteiger partial charge in [-0.2, -0.15) is 0 Å². The standard InChI is InChI=1S/C35H22N2O/c1-2-9-25-19-28(15-13-23(25)7-1)37(35-18-14-24-8-5-6-12-32(24)36-35)29-16-17-30-31-20-26-10-3-4-11-27(26)21-33(31)38-34(30)22-29/h1-22H/i2D. The van der Waals surface area contributed by atoms with Crippen molar-refractivity contribution < 1.29 is 5.79 Å². The molecule has 0 unspecified atom stereocenters. The van der Waals surface area contributed by atoms with E-state index in [2.05, 4.69) is 95.9 Å². The number of furan rings is 1. The highest BCUT2D eigenvalue weighted by atomic mass is 16.3. The van der Waals surface area contributed by atoms with Gasteiger partial charge in [-0.25, -0.2) is 4.98 Å². The van der Waals surface area contributed by atoms with Gasteiger partial charge in [0.1, 0.15) is 17.0 Å². The molecule has 38 heavy (non-hydrogen) atoms. The molecule has 2 heterocycles. The number of aromatic nitrogens is 1. The molecule has 0 fully saturated rings. The fourth-order valence-electron chi connectivity index (χ4n) is 5.44. The lowest BCUT2D eigenvalue weighted by atomic mass is 10.1. The highest BCUT2D eigenvalue weighted by Gasteiger charge is 2.17. The van der Waals surface area contributed by atoms with Crippen molar-refractivity contribution >= 4 is 71.6 Å². The van der Waals surface area contributed by atoms with Crippen LogP contribution in [-0.4, -0.2) is 4.98 Å². The van der Waals surface area contributed by atoms with E-state index < -0.39 is 0 Å². The van der Waals surface area contributed by atoms with Gasteiger partial charge < -0.3 is 4.42 Å². The Labute approximate surface area is 220 Å². The summed E-state index contributed by atoms with van der Waals surface area (Å²) in [5.41, 5.74) is 4.57. The summed E-state index contributed by atoms with van der Waals surface area (Å²) in [6, 6.07) is 43.9. The first-order valence-corrected chi connectivity index (χ1v) is 12.7. The summed E-state index contributed by atoms with van der Waals surface area (Å²) < 4.78 is 14.5. The Hall–Kier alpha value is -5.15. The topological polar surface area (TPSA) is 29.3 Å². The molecule has 0 bridgehead atoms. The number of benzene rings is 6. The van der Waals surface area contributed by atoms with E-state index in [1.165, 1.54) is 5.39 Å². The Morgan fingerprint density at radius 2 is 1.21 bits per heavy atom. The Bertz CT molecular complexity index is 2220. The van der Waals surface area contributed by atoms with E-state index in [9.17, 15) is 0 Å². The Morgan fingerprint density at radius 3 is 2.13 bits per heavy atom. The van der Waals surface area contributed by atoms with E-state index in [1.807, 2.05) is 36.4 Å². The van der Waals surface area contributed by atoms with E-state index in [0.717, 1.165) is 66.2 Å². The normalized spacial score (nSPS) is 12.1. The number of rotatable bonds is 3. The zero-order chi connectivity index (χ0) is 25.9. The van der Waals surface area contributed by atoms with Gasteiger partial charge in [0.15, 0.2) is 0 Å². The van der Waals surface area contributed by atoms with Crippen molar-refractivity contribution in [3.63, 3.8) is 0 Å². The second-order valence-electron chi connectivity index (χ2n) is 9.63. The van der Waals surface area contributed by atoms with Gasteiger partial charge in [0.25, 0.3) is 0 Å². The van der Waals surface area contributed by atoms with Crippen molar-refractivity contribution in [2.24, 2.45) is 0 Å². The summed E-state index contributed by atoms with van der Waals surface area (Å²) in [5, 5.41) is 7.77. The van der Waals surface area contributed by atoms with Crippen molar-refractivity contribution in [1.82, 2.24) is 4.98 Å². The molecular weight excluding hydrogens is 464 g/mol. The van der Waals surface area contributed by atoms with Gasteiger partial charge in [0, 0.05) is 27.9 Å². The monoisotopic (exact) mass is 487 g/mol. The fourth-order valence-corrected chi connectivity index (χ4v) is 5.44. The average molecular weight is 488 g/mol. The average Bonchev–Trinajstić information content (AvgIpc) is 3.32. The van der Waals surface area contributed by atoms with Crippen molar-refractivity contribution in [3.05, 3.63) is 133 Å². The molecule has 0 spiro atoms. The van der Waals surface area contributed by atoms with Gasteiger partial charge in [-0.1, -0.05) is 72.8 Å². The molecule has 0 aliphatic carbocycles. The van der Waals surface area contributed by atoms with Gasteiger partial charge in [0.2, 0.25) is 0 Å². The predicted molar refractivity (Wildman–Crippen MR) is 159 cm³/mol. The molecule has 8 rings (SSSR count). The van der Waals surface area contributed by atoms with Gasteiger partial charge in [-0.3, -0.25) is 4.90 Å². The minimum atomic E-state index is 0.492. The quantitative estimate of drug-likeness (QED) is 0.248. The van der Waals surface area contributed by atoms with E-state index in [-0.39, 0.29) is 0 Å². The smallest absolute Gasteiger partial charge is 0.138 e. The van der Waals surface area contributed by atoms with Crippen LogP contribution in [0.1, 0.15) is 1.37 Å². The molecule has 3 heteroatoms. The van der Waals surface area contributed by atoms with Crippen molar-refractivity contribution in [2.45, 2.75) is 0 Å². The Morgan fingerprint density at radius 1 is 0.526 bits per heavy atom. The molecule has 0 N–H and O–H groups in total. The molecule has 3 nitrogen and oxygen atoms in total. The maximum Gasteiger partial charge on any atom is 0.138 e. The van der Waals surface area contributed by atoms with E-state index in [1.54, 1.807) is 0 Å². The summed E-state index contributed by atoms with van der Waals surface area (Å²) in [5.74, 6) is 0.816. The van der Waals surface area contributed by atoms with Crippen molar-refractivity contribution in [3.8, 4) is 0 Å². The van der Waals surface area contributed by atoms with Crippen LogP contribution in [0.2, 0.25) is 0 Å². The fraction of sp³-hybridized carbons (Fsp3) is 0. The number of pyridine rings is 1. The van der Waals surface area contributed by atoms with Crippen molar-refractivity contribution in [2.75, 3.05) is 4.90 Å². The minimum Gasteiger partial charge on any atom is -0.456 e. The number of hydrogen-bond donors (Lipinski definition) is 0. The van der Waals surface area contributed by atoms with Gasteiger partial charge in [0.05, 0.1) is 12.6 Å². The van der Waals surface area contributed by atoms with E-state index >= 15 is 0 Å². The summed E-state index contributed by atoms with van der Waals surface area (Å²) >= 11 is 0. The molecule has 0 aliphatic rings. The molecule has 6 aromatic carbocycles. The largest absolute Gasteiger partial charge is 0.456 e. The van der Waals surface area contributed by atoms with Crippen LogP contribution in [0, 0.1) is 0 Å². The van der Waals surface area contributed by atoms with E-state index in [4.69, 9.17) is 10.8 Å². The second kappa shape index (κ2) is 8.19. The second-order valence-corrected chi connectivity index (χ2v) is 9.63. The zero-order valence-corrected chi connectivity index (χ0v) is 20.4. The third kappa shape index (κ3) is 3.33. The molecule has 0 saturated heterocycles. The molecule has 0 atom stereocenters. The first kappa shape index (κ1) is 20.0. The van der Waals surface area contributed by atoms with Gasteiger partial charge in [-0.15, -0.1) is 0 Å². The van der Waals surface area contributed by atoms with Crippen LogP contribution in [0.25, 0.3) is 54.4 Å². The maximum absolute atomic E-state index is 8.13. The molecule has 0 amide bonds. The molecular formula is C35H22N2O. The molecule has 0 radical (unpaired) electrons. The molecule has 8 aromatic rings. The highest BCUT2D eigenvalue weighted by molar-refractivity contribution is 6.10. The lowest BCUT2D eigenvalue weighted by Crippen LogP contribution is -2.11. The first-order valence-electron chi connectivity index (χ1n) is 13.2. The van der Waals surface area contributed by atoms with Crippen LogP contribution in [-0.2, 0) is 0 Å². The lowest BCUT2D eigenvalue weighted by molar-refractivity contribution is 0.669. The summed E-state index contributed by atoms with van der Waals surface area (Å²) in [4.78, 5) is 7.20.